The Balaban J connectivity index is 1.06. The molecule has 4 aromatic heterocycles. The summed E-state index contributed by atoms with van der Waals surface area (Å²) in [5, 5.41) is 2.44. The lowest BCUT2D eigenvalue weighted by Crippen LogP contribution is -2.10. The summed E-state index contributed by atoms with van der Waals surface area (Å²) in [5.74, 6) is 2.91. The molecule has 7 heteroatoms. The van der Waals surface area contributed by atoms with E-state index in [9.17, 15) is 0 Å². The highest BCUT2D eigenvalue weighted by atomic mass is 15.0. The van der Waals surface area contributed by atoms with Crippen LogP contribution in [0.1, 0.15) is 29.3 Å². The number of aromatic amines is 1. The first-order chi connectivity index (χ1) is 27.2. The number of hydrogen-bond donors (Lipinski definition) is 1. The van der Waals surface area contributed by atoms with E-state index in [1.165, 1.54) is 33.0 Å². The van der Waals surface area contributed by atoms with Crippen molar-refractivity contribution in [2.24, 2.45) is 0 Å². The van der Waals surface area contributed by atoms with Gasteiger partial charge >= 0.3 is 0 Å². The third kappa shape index (κ3) is 5.31. The van der Waals surface area contributed by atoms with E-state index >= 15 is 0 Å². The lowest BCUT2D eigenvalue weighted by atomic mass is 9.90. The molecule has 1 N–H and O–H groups in total. The van der Waals surface area contributed by atoms with Gasteiger partial charge in [0.1, 0.15) is 11.5 Å². The standard InChI is InChI=1S/C48H33N7/c1-3-13-30(14-4-1)45-52-46(31-15-5-2-6-16-31)54-47(53-45)37-25-23-32-27-39-36-19-9-12-22-43(36)55(44(39)28-38(32)35-18-8-7-17-34(35)37)33-24-26-42(49-29-33)48-50-40-20-10-11-21-41(40)51-48/h1-22,24,26-29,37H,23,25H2,(H,50,51). The molecule has 55 heavy (non-hydrogen) atoms. The molecule has 4 heterocycles. The first kappa shape index (κ1) is 31.3. The summed E-state index contributed by atoms with van der Waals surface area (Å²) in [4.78, 5) is 28.5. The number of hydrogen-bond acceptors (Lipinski definition) is 5. The van der Waals surface area contributed by atoms with Crippen LogP contribution in [0.2, 0.25) is 0 Å². The van der Waals surface area contributed by atoms with Crippen LogP contribution in [-0.2, 0) is 6.42 Å². The molecule has 0 radical (unpaired) electrons. The summed E-state index contributed by atoms with van der Waals surface area (Å²) >= 11 is 0. The van der Waals surface area contributed by atoms with Crippen LogP contribution in [0.4, 0.5) is 0 Å². The Bertz CT molecular complexity index is 2950. The monoisotopic (exact) mass is 707 g/mol. The summed E-state index contributed by atoms with van der Waals surface area (Å²) in [6, 6.07) is 55.0. The molecule has 0 amide bonds. The summed E-state index contributed by atoms with van der Waals surface area (Å²) in [6.45, 7) is 0. The number of nitrogens with one attached hydrogen (secondary N) is 1. The maximum absolute atomic E-state index is 5.20. The number of benzene rings is 6. The molecule has 0 bridgehead atoms. The first-order valence-electron chi connectivity index (χ1n) is 18.7. The molecular weight excluding hydrogens is 675 g/mol. The molecule has 260 valence electrons. The zero-order valence-corrected chi connectivity index (χ0v) is 29.8. The van der Waals surface area contributed by atoms with Crippen molar-refractivity contribution in [3.8, 4) is 51.1 Å². The molecule has 0 saturated heterocycles. The van der Waals surface area contributed by atoms with Crippen molar-refractivity contribution in [3.05, 3.63) is 181 Å². The molecule has 6 aromatic carbocycles. The number of aryl methyl sites for hydroxylation is 1. The van der Waals surface area contributed by atoms with E-state index in [0.29, 0.717) is 11.6 Å². The Hall–Kier alpha value is -7.25. The number of rotatable bonds is 5. The summed E-state index contributed by atoms with van der Waals surface area (Å²) < 4.78 is 2.34. The predicted molar refractivity (Wildman–Crippen MR) is 220 cm³/mol. The molecule has 0 saturated carbocycles. The number of pyridine rings is 1. The Morgan fingerprint density at radius 2 is 1.27 bits per heavy atom. The van der Waals surface area contributed by atoms with E-state index in [1.807, 2.05) is 66.9 Å². The van der Waals surface area contributed by atoms with Gasteiger partial charge in [0.2, 0.25) is 0 Å². The van der Waals surface area contributed by atoms with Crippen LogP contribution in [0.5, 0.6) is 0 Å². The molecule has 1 atom stereocenters. The van der Waals surface area contributed by atoms with E-state index in [4.69, 9.17) is 24.9 Å². The van der Waals surface area contributed by atoms with E-state index in [0.717, 1.165) is 69.1 Å². The number of H-pyrrole nitrogens is 1. The van der Waals surface area contributed by atoms with Gasteiger partial charge in [0.05, 0.1) is 34.0 Å². The SMILES string of the molecule is c1ccc(-c2nc(-c3ccccc3)nc(C3CCc4cc5c6ccccc6n(-c6ccc(-c7nc8ccccc8[nH]7)nc6)c5cc4-c4ccccc43)n2)cc1. The first-order valence-corrected chi connectivity index (χ1v) is 18.7. The molecule has 0 aliphatic heterocycles. The highest BCUT2D eigenvalue weighted by Gasteiger charge is 2.28. The van der Waals surface area contributed by atoms with Gasteiger partial charge in [-0.2, -0.15) is 0 Å². The molecule has 11 rings (SSSR count). The number of imidazole rings is 1. The van der Waals surface area contributed by atoms with Crippen LogP contribution >= 0.6 is 0 Å². The minimum atomic E-state index is -0.0234. The van der Waals surface area contributed by atoms with Crippen molar-refractivity contribution in [2.45, 2.75) is 18.8 Å². The summed E-state index contributed by atoms with van der Waals surface area (Å²) in [7, 11) is 0. The minimum absolute atomic E-state index is 0.0234. The third-order valence-electron chi connectivity index (χ3n) is 10.9. The van der Waals surface area contributed by atoms with Crippen molar-refractivity contribution in [2.75, 3.05) is 0 Å². The maximum Gasteiger partial charge on any atom is 0.163 e. The van der Waals surface area contributed by atoms with Gasteiger partial charge in [0.25, 0.3) is 0 Å². The van der Waals surface area contributed by atoms with Crippen molar-refractivity contribution in [1.29, 1.82) is 0 Å². The van der Waals surface area contributed by atoms with Gasteiger partial charge in [-0.25, -0.2) is 19.9 Å². The Morgan fingerprint density at radius 1 is 0.564 bits per heavy atom. The fourth-order valence-electron chi connectivity index (χ4n) is 8.28. The van der Waals surface area contributed by atoms with Gasteiger partial charge in [0.15, 0.2) is 17.5 Å². The van der Waals surface area contributed by atoms with E-state index in [2.05, 4.69) is 107 Å². The van der Waals surface area contributed by atoms with E-state index in [1.54, 1.807) is 0 Å². The van der Waals surface area contributed by atoms with Crippen LogP contribution in [0, 0.1) is 0 Å². The van der Waals surface area contributed by atoms with Crippen LogP contribution in [0.25, 0.3) is 83.9 Å². The smallest absolute Gasteiger partial charge is 0.163 e. The van der Waals surface area contributed by atoms with Crippen molar-refractivity contribution >= 4 is 32.8 Å². The quantitative estimate of drug-likeness (QED) is 0.192. The van der Waals surface area contributed by atoms with Crippen LogP contribution < -0.4 is 0 Å². The van der Waals surface area contributed by atoms with Gasteiger partial charge in [-0.05, 0) is 77.6 Å². The van der Waals surface area contributed by atoms with Gasteiger partial charge in [0, 0.05) is 27.8 Å². The zero-order valence-electron chi connectivity index (χ0n) is 29.8. The Labute approximate surface area is 317 Å². The van der Waals surface area contributed by atoms with Crippen molar-refractivity contribution < 1.29 is 0 Å². The van der Waals surface area contributed by atoms with Crippen LogP contribution in [0.15, 0.2) is 164 Å². The second-order valence-electron chi connectivity index (χ2n) is 14.1. The van der Waals surface area contributed by atoms with Gasteiger partial charge in [-0.3, -0.25) is 4.98 Å². The molecule has 1 unspecified atom stereocenters. The molecule has 10 aromatic rings. The predicted octanol–water partition coefficient (Wildman–Crippen LogP) is 11.0. The van der Waals surface area contributed by atoms with Crippen molar-refractivity contribution in [3.63, 3.8) is 0 Å². The average Bonchev–Trinajstić information content (AvgIpc) is 3.79. The number of fused-ring (bicyclic) bond motifs is 7. The van der Waals surface area contributed by atoms with Gasteiger partial charge in [-0.1, -0.05) is 115 Å². The minimum Gasteiger partial charge on any atom is -0.337 e. The summed E-state index contributed by atoms with van der Waals surface area (Å²) in [6.07, 6.45) is 3.71. The Kier molecular flexibility index (Phi) is 7.23. The fourth-order valence-corrected chi connectivity index (χ4v) is 8.28. The molecule has 1 aliphatic rings. The molecule has 1 aliphatic carbocycles. The highest BCUT2D eigenvalue weighted by Crippen LogP contribution is 2.44. The number of aromatic nitrogens is 7. The number of nitrogens with zero attached hydrogens (tertiary/aromatic N) is 6. The molecule has 7 nitrogen and oxygen atoms in total. The van der Waals surface area contributed by atoms with E-state index in [-0.39, 0.29) is 5.92 Å². The fraction of sp³-hybridized carbons (Fsp3) is 0.0625. The molecule has 0 fully saturated rings. The molecule has 0 spiro atoms. The van der Waals surface area contributed by atoms with Crippen molar-refractivity contribution in [1.82, 2.24) is 34.5 Å². The lowest BCUT2D eigenvalue weighted by Gasteiger charge is -2.18. The average molecular weight is 708 g/mol. The summed E-state index contributed by atoms with van der Waals surface area (Å²) in [5.41, 5.74) is 13.0. The number of para-hydroxylation sites is 3. The largest absolute Gasteiger partial charge is 0.337 e. The highest BCUT2D eigenvalue weighted by molar-refractivity contribution is 6.11. The normalized spacial score (nSPS) is 13.9. The lowest BCUT2D eigenvalue weighted by molar-refractivity contribution is 0.677. The maximum atomic E-state index is 5.20. The van der Waals surface area contributed by atoms with Crippen LogP contribution in [-0.4, -0.2) is 34.5 Å². The van der Waals surface area contributed by atoms with Gasteiger partial charge in [-0.15, -0.1) is 0 Å². The van der Waals surface area contributed by atoms with E-state index < -0.39 is 0 Å². The second-order valence-corrected chi connectivity index (χ2v) is 14.1. The topological polar surface area (TPSA) is 85.2 Å². The third-order valence-corrected chi connectivity index (χ3v) is 10.9. The van der Waals surface area contributed by atoms with Gasteiger partial charge < -0.3 is 9.55 Å². The zero-order chi connectivity index (χ0) is 36.3. The Morgan fingerprint density at radius 3 is 2.04 bits per heavy atom. The van der Waals surface area contributed by atoms with Crippen LogP contribution in [0.3, 0.4) is 0 Å². The molecular formula is C48H33N7. The second kappa shape index (κ2) is 12.7.